The number of nitrogens with zero attached hydrogens (tertiary/aromatic N) is 1. The molecule has 15 heavy (non-hydrogen) atoms. The minimum atomic E-state index is -0.407. The highest BCUT2D eigenvalue weighted by molar-refractivity contribution is 7.71. The molecule has 0 aliphatic heterocycles. The van der Waals surface area contributed by atoms with Gasteiger partial charge in [0.25, 0.3) is 0 Å². The zero-order valence-corrected chi connectivity index (χ0v) is 8.69. The number of benzene rings is 1. The molecule has 0 amide bonds. The molecule has 0 unspecified atom stereocenters. The van der Waals surface area contributed by atoms with Crippen LogP contribution in [0.2, 0.25) is 0 Å². The molecule has 2 N–H and O–H groups in total. The molecule has 0 aliphatic carbocycles. The Labute approximate surface area is 90.1 Å². The van der Waals surface area contributed by atoms with Gasteiger partial charge in [0, 0.05) is 5.56 Å². The van der Waals surface area contributed by atoms with E-state index in [2.05, 4.69) is 15.2 Å². The number of hydrogen-bond donors (Lipinski definition) is 2. The van der Waals surface area contributed by atoms with Gasteiger partial charge in [-0.25, -0.2) is 4.39 Å². The first kappa shape index (κ1) is 9.85. The molecule has 1 aromatic carbocycles. The Kier molecular flexibility index (Phi) is 2.51. The van der Waals surface area contributed by atoms with Gasteiger partial charge < -0.3 is 4.74 Å². The zero-order chi connectivity index (χ0) is 10.8. The van der Waals surface area contributed by atoms with E-state index in [1.165, 1.54) is 13.2 Å². The molecule has 2 rings (SSSR count). The molecule has 0 aliphatic rings. The number of ether oxygens (including phenoxy) is 1. The maximum atomic E-state index is 13.1. The van der Waals surface area contributed by atoms with Gasteiger partial charge in [0.15, 0.2) is 17.4 Å². The van der Waals surface area contributed by atoms with Crippen molar-refractivity contribution in [1.82, 2.24) is 15.2 Å². The van der Waals surface area contributed by atoms with Gasteiger partial charge in [-0.15, -0.1) is 0 Å². The van der Waals surface area contributed by atoms with Crippen LogP contribution in [0.4, 0.5) is 4.39 Å². The average Bonchev–Trinajstić information content (AvgIpc) is 2.66. The third-order valence-electron chi connectivity index (χ3n) is 1.93. The first-order valence-electron chi connectivity index (χ1n) is 4.19. The van der Waals surface area contributed by atoms with Crippen LogP contribution in [-0.2, 0) is 0 Å². The predicted molar refractivity (Wildman–Crippen MR) is 55.7 cm³/mol. The molecular formula is C9H8FN3OS. The quantitative estimate of drug-likeness (QED) is 0.771. The van der Waals surface area contributed by atoms with Crippen LogP contribution in [0.3, 0.4) is 0 Å². The molecule has 78 valence electrons. The lowest BCUT2D eigenvalue weighted by Crippen LogP contribution is -1.89. The van der Waals surface area contributed by atoms with Crippen LogP contribution in [-0.4, -0.2) is 22.3 Å². The van der Waals surface area contributed by atoms with Crippen LogP contribution in [0.1, 0.15) is 0 Å². The first-order valence-corrected chi connectivity index (χ1v) is 4.60. The average molecular weight is 225 g/mol. The van der Waals surface area contributed by atoms with Crippen LogP contribution in [0.25, 0.3) is 11.4 Å². The van der Waals surface area contributed by atoms with Gasteiger partial charge in [-0.1, -0.05) is 0 Å². The number of nitrogens with one attached hydrogen (secondary N) is 2. The van der Waals surface area contributed by atoms with Gasteiger partial charge in [-0.2, -0.15) is 4.98 Å². The predicted octanol–water partition coefficient (Wildman–Crippen LogP) is 2.28. The SMILES string of the molecule is COc1cc(-c2nc(=S)[nH][nH]2)ccc1F. The molecular weight excluding hydrogens is 217 g/mol. The van der Waals surface area contributed by atoms with E-state index in [9.17, 15) is 4.39 Å². The molecule has 1 aromatic heterocycles. The highest BCUT2D eigenvalue weighted by atomic mass is 32.1. The molecule has 0 fully saturated rings. The summed E-state index contributed by atoms with van der Waals surface area (Å²) in [7, 11) is 1.41. The Morgan fingerprint density at radius 2 is 2.20 bits per heavy atom. The fourth-order valence-corrected chi connectivity index (χ4v) is 1.36. The first-order chi connectivity index (χ1) is 7.20. The largest absolute Gasteiger partial charge is 0.494 e. The fraction of sp³-hybridized carbons (Fsp3) is 0.111. The van der Waals surface area contributed by atoms with Crippen LogP contribution < -0.4 is 4.74 Å². The van der Waals surface area contributed by atoms with Gasteiger partial charge in [-0.3, -0.25) is 10.2 Å². The van der Waals surface area contributed by atoms with E-state index < -0.39 is 5.82 Å². The van der Waals surface area contributed by atoms with E-state index in [1.807, 2.05) is 0 Å². The van der Waals surface area contributed by atoms with Crippen molar-refractivity contribution in [3.8, 4) is 17.1 Å². The van der Waals surface area contributed by atoms with E-state index >= 15 is 0 Å². The Hall–Kier alpha value is -1.69. The normalized spacial score (nSPS) is 10.3. The van der Waals surface area contributed by atoms with Gasteiger partial charge in [-0.05, 0) is 30.4 Å². The van der Waals surface area contributed by atoms with Crippen molar-refractivity contribution < 1.29 is 9.13 Å². The number of methoxy groups -OCH3 is 1. The van der Waals surface area contributed by atoms with Crippen molar-refractivity contribution in [2.45, 2.75) is 0 Å². The van der Waals surface area contributed by atoms with Crippen molar-refractivity contribution in [3.05, 3.63) is 28.8 Å². The fourth-order valence-electron chi connectivity index (χ4n) is 1.21. The summed E-state index contributed by atoms with van der Waals surface area (Å²) in [5.74, 6) is 0.323. The molecule has 0 saturated carbocycles. The summed E-state index contributed by atoms with van der Waals surface area (Å²) in [6.45, 7) is 0. The smallest absolute Gasteiger partial charge is 0.213 e. The van der Waals surface area contributed by atoms with E-state index in [-0.39, 0.29) is 5.75 Å². The van der Waals surface area contributed by atoms with Gasteiger partial charge in [0.2, 0.25) is 4.77 Å². The maximum Gasteiger partial charge on any atom is 0.213 e. The van der Waals surface area contributed by atoms with E-state index in [0.717, 1.165) is 0 Å². The molecule has 2 aromatic rings. The van der Waals surface area contributed by atoms with Crippen LogP contribution in [0, 0.1) is 10.6 Å². The monoisotopic (exact) mass is 225 g/mol. The lowest BCUT2D eigenvalue weighted by molar-refractivity contribution is 0.387. The molecule has 0 saturated heterocycles. The van der Waals surface area contributed by atoms with Crippen LogP contribution >= 0.6 is 12.2 Å². The Balaban J connectivity index is 2.50. The summed E-state index contributed by atoms with van der Waals surface area (Å²) < 4.78 is 18.3. The third-order valence-corrected chi connectivity index (χ3v) is 2.12. The van der Waals surface area contributed by atoms with E-state index in [1.54, 1.807) is 12.1 Å². The third kappa shape index (κ3) is 1.89. The topological polar surface area (TPSA) is 53.7 Å². The van der Waals surface area contributed by atoms with Gasteiger partial charge in [0.1, 0.15) is 0 Å². The van der Waals surface area contributed by atoms with Crippen LogP contribution in [0.15, 0.2) is 18.2 Å². The second kappa shape index (κ2) is 3.82. The zero-order valence-electron chi connectivity index (χ0n) is 7.87. The maximum absolute atomic E-state index is 13.1. The molecule has 0 radical (unpaired) electrons. The van der Waals surface area contributed by atoms with Crippen molar-refractivity contribution in [2.75, 3.05) is 7.11 Å². The minimum Gasteiger partial charge on any atom is -0.494 e. The summed E-state index contributed by atoms with van der Waals surface area (Å²) in [5, 5.41) is 5.44. The number of hydrogen-bond acceptors (Lipinski definition) is 3. The molecule has 0 spiro atoms. The van der Waals surface area contributed by atoms with Crippen molar-refractivity contribution in [2.24, 2.45) is 0 Å². The Morgan fingerprint density at radius 3 is 2.80 bits per heavy atom. The van der Waals surface area contributed by atoms with Crippen LogP contribution in [0.5, 0.6) is 5.75 Å². The summed E-state index contributed by atoms with van der Waals surface area (Å²) >= 11 is 4.82. The Morgan fingerprint density at radius 1 is 1.40 bits per heavy atom. The van der Waals surface area contributed by atoms with Crippen molar-refractivity contribution in [3.63, 3.8) is 0 Å². The number of H-pyrrole nitrogens is 2. The number of aromatic amines is 2. The molecule has 1 heterocycles. The summed E-state index contributed by atoms with van der Waals surface area (Å²) in [6, 6.07) is 4.47. The minimum absolute atomic E-state index is 0.176. The highest BCUT2D eigenvalue weighted by Crippen LogP contribution is 2.23. The standard InChI is InChI=1S/C9H8FN3OS/c1-14-7-4-5(2-3-6(7)10)8-11-9(15)13-12-8/h2-4H,1H3,(H2,11,12,13,15). The second-order valence-corrected chi connectivity index (χ2v) is 3.25. The number of aromatic nitrogens is 3. The summed E-state index contributed by atoms with van der Waals surface area (Å²) in [5.41, 5.74) is 0.709. The number of halogens is 1. The van der Waals surface area contributed by atoms with E-state index in [4.69, 9.17) is 17.0 Å². The number of rotatable bonds is 2. The van der Waals surface area contributed by atoms with Crippen molar-refractivity contribution in [1.29, 1.82) is 0 Å². The molecule has 0 bridgehead atoms. The van der Waals surface area contributed by atoms with Gasteiger partial charge >= 0.3 is 0 Å². The van der Waals surface area contributed by atoms with Gasteiger partial charge in [0.05, 0.1) is 7.11 Å². The highest BCUT2D eigenvalue weighted by Gasteiger charge is 2.06. The van der Waals surface area contributed by atoms with Crippen molar-refractivity contribution >= 4 is 12.2 Å². The lowest BCUT2D eigenvalue weighted by atomic mass is 10.2. The molecule has 6 heteroatoms. The molecule has 0 atom stereocenters. The van der Waals surface area contributed by atoms with E-state index in [0.29, 0.717) is 16.2 Å². The second-order valence-electron chi connectivity index (χ2n) is 2.86. The summed E-state index contributed by atoms with van der Waals surface area (Å²) in [4.78, 5) is 4.01. The molecule has 4 nitrogen and oxygen atoms in total. The summed E-state index contributed by atoms with van der Waals surface area (Å²) in [6.07, 6.45) is 0. The Bertz CT molecular complexity index is 534. The lowest BCUT2D eigenvalue weighted by Gasteiger charge is -2.02.